The largest absolute Gasteiger partial charge is 0.497 e. The van der Waals surface area contributed by atoms with E-state index in [1.54, 1.807) is 19.4 Å². The minimum absolute atomic E-state index is 0.163. The molecule has 0 saturated carbocycles. The molecule has 0 aliphatic carbocycles. The van der Waals surface area contributed by atoms with Gasteiger partial charge in [-0.2, -0.15) is 0 Å². The standard InChI is InChI=1S/C24H27N3O2/c1-4-27(20-7-5-6-18(2)16-20)21-10-13-23(26-17-21)24(28)25-15-14-19-8-11-22(29-3)12-9-19/h5-13,16-17H,4,14-15H2,1-3H3,(H,25,28). The smallest absolute Gasteiger partial charge is 0.269 e. The van der Waals surface area contributed by atoms with Gasteiger partial charge in [-0.3, -0.25) is 4.79 Å². The molecule has 0 spiro atoms. The van der Waals surface area contributed by atoms with E-state index in [9.17, 15) is 4.79 Å². The number of nitrogens with one attached hydrogen (secondary N) is 1. The van der Waals surface area contributed by atoms with Gasteiger partial charge in [0.15, 0.2) is 0 Å². The summed E-state index contributed by atoms with van der Waals surface area (Å²) in [6.07, 6.45) is 2.51. The fourth-order valence-electron chi connectivity index (χ4n) is 3.19. The Morgan fingerprint density at radius 1 is 1.07 bits per heavy atom. The normalized spacial score (nSPS) is 10.4. The molecule has 0 unspecified atom stereocenters. The number of aryl methyl sites for hydroxylation is 1. The lowest BCUT2D eigenvalue weighted by Gasteiger charge is -2.23. The fourth-order valence-corrected chi connectivity index (χ4v) is 3.19. The zero-order chi connectivity index (χ0) is 20.6. The Balaban J connectivity index is 1.59. The van der Waals surface area contributed by atoms with E-state index < -0.39 is 0 Å². The summed E-state index contributed by atoms with van der Waals surface area (Å²) in [7, 11) is 1.65. The van der Waals surface area contributed by atoms with E-state index >= 15 is 0 Å². The first-order valence-electron chi connectivity index (χ1n) is 9.82. The number of ether oxygens (including phenoxy) is 1. The Kier molecular flexibility index (Phi) is 6.85. The first-order valence-corrected chi connectivity index (χ1v) is 9.82. The number of amides is 1. The van der Waals surface area contributed by atoms with Crippen molar-refractivity contribution in [2.45, 2.75) is 20.3 Å². The van der Waals surface area contributed by atoms with Gasteiger partial charge in [0, 0.05) is 18.8 Å². The molecular weight excluding hydrogens is 362 g/mol. The first-order chi connectivity index (χ1) is 14.1. The molecule has 3 rings (SSSR count). The lowest BCUT2D eigenvalue weighted by atomic mass is 10.1. The minimum Gasteiger partial charge on any atom is -0.497 e. The molecule has 5 heteroatoms. The van der Waals surface area contributed by atoms with Crippen molar-refractivity contribution < 1.29 is 9.53 Å². The third kappa shape index (κ3) is 5.35. The maximum Gasteiger partial charge on any atom is 0.269 e. The predicted molar refractivity (Wildman–Crippen MR) is 117 cm³/mol. The molecule has 3 aromatic rings. The van der Waals surface area contributed by atoms with Crippen molar-refractivity contribution in [2.24, 2.45) is 0 Å². The Labute approximate surface area is 172 Å². The Morgan fingerprint density at radius 3 is 2.48 bits per heavy atom. The van der Waals surface area contributed by atoms with Gasteiger partial charge in [0.2, 0.25) is 0 Å². The van der Waals surface area contributed by atoms with Crippen LogP contribution in [0, 0.1) is 6.92 Å². The van der Waals surface area contributed by atoms with Crippen LogP contribution in [-0.2, 0) is 6.42 Å². The highest BCUT2D eigenvalue weighted by atomic mass is 16.5. The summed E-state index contributed by atoms with van der Waals surface area (Å²) in [5, 5.41) is 2.93. The minimum atomic E-state index is -0.163. The lowest BCUT2D eigenvalue weighted by Crippen LogP contribution is -2.26. The Hall–Kier alpha value is -3.34. The van der Waals surface area contributed by atoms with E-state index in [2.05, 4.69) is 47.2 Å². The number of hydrogen-bond acceptors (Lipinski definition) is 4. The van der Waals surface area contributed by atoms with Crippen molar-refractivity contribution in [2.75, 3.05) is 25.1 Å². The number of benzene rings is 2. The number of nitrogens with zero attached hydrogens (tertiary/aromatic N) is 2. The van der Waals surface area contributed by atoms with Gasteiger partial charge in [0.05, 0.1) is 19.0 Å². The Morgan fingerprint density at radius 2 is 1.86 bits per heavy atom. The van der Waals surface area contributed by atoms with Gasteiger partial charge in [-0.15, -0.1) is 0 Å². The highest BCUT2D eigenvalue weighted by Gasteiger charge is 2.11. The van der Waals surface area contributed by atoms with Crippen molar-refractivity contribution in [1.29, 1.82) is 0 Å². The van der Waals surface area contributed by atoms with Crippen LogP contribution >= 0.6 is 0 Å². The number of rotatable bonds is 8. The van der Waals surface area contributed by atoms with E-state index in [0.717, 1.165) is 35.7 Å². The molecule has 1 amide bonds. The van der Waals surface area contributed by atoms with Crippen LogP contribution in [0.3, 0.4) is 0 Å². The predicted octanol–water partition coefficient (Wildman–Crippen LogP) is 4.53. The number of anilines is 2. The summed E-state index contributed by atoms with van der Waals surface area (Å²) in [4.78, 5) is 18.9. The monoisotopic (exact) mass is 389 g/mol. The van der Waals surface area contributed by atoms with E-state index in [1.807, 2.05) is 36.4 Å². The molecular formula is C24H27N3O2. The topological polar surface area (TPSA) is 54.5 Å². The van der Waals surface area contributed by atoms with Crippen LogP contribution in [0.2, 0.25) is 0 Å². The zero-order valence-corrected chi connectivity index (χ0v) is 17.2. The second-order valence-corrected chi connectivity index (χ2v) is 6.84. The molecule has 150 valence electrons. The van der Waals surface area contributed by atoms with Gasteiger partial charge in [0.1, 0.15) is 11.4 Å². The van der Waals surface area contributed by atoms with Crippen LogP contribution in [0.25, 0.3) is 0 Å². The number of carbonyl (C=O) groups is 1. The maximum atomic E-state index is 12.4. The first kappa shape index (κ1) is 20.4. The number of methoxy groups -OCH3 is 1. The summed E-state index contributed by atoms with van der Waals surface area (Å²) in [5.74, 6) is 0.664. The van der Waals surface area contributed by atoms with E-state index in [0.29, 0.717) is 12.2 Å². The molecule has 0 atom stereocenters. The van der Waals surface area contributed by atoms with Crippen LogP contribution in [-0.4, -0.2) is 31.1 Å². The zero-order valence-electron chi connectivity index (χ0n) is 17.2. The van der Waals surface area contributed by atoms with E-state index in [4.69, 9.17) is 4.74 Å². The third-order valence-electron chi connectivity index (χ3n) is 4.78. The van der Waals surface area contributed by atoms with Gasteiger partial charge >= 0.3 is 0 Å². The lowest BCUT2D eigenvalue weighted by molar-refractivity contribution is 0.0949. The van der Waals surface area contributed by atoms with Crippen LogP contribution in [0.4, 0.5) is 11.4 Å². The SMILES string of the molecule is CCN(c1ccc(C(=O)NCCc2ccc(OC)cc2)nc1)c1cccc(C)c1. The second-order valence-electron chi connectivity index (χ2n) is 6.84. The van der Waals surface area contributed by atoms with Crippen LogP contribution in [0.5, 0.6) is 5.75 Å². The van der Waals surface area contributed by atoms with Crippen molar-refractivity contribution >= 4 is 17.3 Å². The third-order valence-corrected chi connectivity index (χ3v) is 4.78. The van der Waals surface area contributed by atoms with Gasteiger partial charge in [-0.1, -0.05) is 24.3 Å². The second kappa shape index (κ2) is 9.73. The number of pyridine rings is 1. The van der Waals surface area contributed by atoms with Crippen molar-refractivity contribution in [3.8, 4) is 5.75 Å². The molecule has 0 aliphatic heterocycles. The quantitative estimate of drug-likeness (QED) is 0.615. The van der Waals surface area contributed by atoms with Crippen LogP contribution in [0.15, 0.2) is 66.9 Å². The van der Waals surface area contributed by atoms with E-state index in [-0.39, 0.29) is 5.91 Å². The van der Waals surface area contributed by atoms with Gasteiger partial charge in [0.25, 0.3) is 5.91 Å². The maximum absolute atomic E-state index is 12.4. The molecule has 1 aromatic heterocycles. The van der Waals surface area contributed by atoms with Gasteiger partial charge < -0.3 is 15.0 Å². The summed E-state index contributed by atoms with van der Waals surface area (Å²) in [6, 6.07) is 19.9. The molecule has 0 aliphatic rings. The summed E-state index contributed by atoms with van der Waals surface area (Å²) >= 11 is 0. The Bertz CT molecular complexity index is 937. The summed E-state index contributed by atoms with van der Waals surface area (Å²) in [6.45, 7) is 5.55. The molecule has 0 saturated heterocycles. The highest BCUT2D eigenvalue weighted by molar-refractivity contribution is 5.92. The molecule has 29 heavy (non-hydrogen) atoms. The summed E-state index contributed by atoms with van der Waals surface area (Å²) < 4.78 is 5.16. The average Bonchev–Trinajstić information content (AvgIpc) is 2.75. The fraction of sp³-hybridized carbons (Fsp3) is 0.250. The van der Waals surface area contributed by atoms with Crippen molar-refractivity contribution in [3.63, 3.8) is 0 Å². The molecule has 0 radical (unpaired) electrons. The number of hydrogen-bond donors (Lipinski definition) is 1. The molecule has 1 N–H and O–H groups in total. The summed E-state index contributed by atoms with van der Waals surface area (Å²) in [5.41, 5.74) is 4.86. The van der Waals surface area contributed by atoms with Crippen molar-refractivity contribution in [3.05, 3.63) is 83.7 Å². The van der Waals surface area contributed by atoms with Gasteiger partial charge in [-0.05, 0) is 67.8 Å². The van der Waals surface area contributed by atoms with E-state index in [1.165, 1.54) is 5.56 Å². The van der Waals surface area contributed by atoms with Crippen LogP contribution < -0.4 is 15.0 Å². The highest BCUT2D eigenvalue weighted by Crippen LogP contribution is 2.25. The average molecular weight is 389 g/mol. The van der Waals surface area contributed by atoms with Crippen LogP contribution in [0.1, 0.15) is 28.5 Å². The number of carbonyl (C=O) groups excluding carboxylic acids is 1. The molecule has 5 nitrogen and oxygen atoms in total. The van der Waals surface area contributed by atoms with Gasteiger partial charge in [-0.25, -0.2) is 4.98 Å². The molecule has 2 aromatic carbocycles. The molecule has 0 fully saturated rings. The molecule has 0 bridgehead atoms. The molecule has 1 heterocycles. The van der Waals surface area contributed by atoms with Crippen molar-refractivity contribution in [1.82, 2.24) is 10.3 Å². The number of aromatic nitrogens is 1.